The van der Waals surface area contributed by atoms with Gasteiger partial charge in [0.15, 0.2) is 0 Å². The van der Waals surface area contributed by atoms with Gasteiger partial charge in [0.1, 0.15) is 5.75 Å². The van der Waals surface area contributed by atoms with E-state index in [4.69, 9.17) is 10.5 Å². The zero-order chi connectivity index (χ0) is 12.8. The Morgan fingerprint density at radius 1 is 1.22 bits per heavy atom. The molecule has 1 aromatic rings. The lowest BCUT2D eigenvalue weighted by Crippen LogP contribution is -2.28. The fraction of sp³-hybridized carbons (Fsp3) is 0.600. The van der Waals surface area contributed by atoms with Gasteiger partial charge in [0, 0.05) is 23.8 Å². The van der Waals surface area contributed by atoms with Crippen LogP contribution in [0.15, 0.2) is 18.2 Å². The van der Waals surface area contributed by atoms with Crippen molar-refractivity contribution in [2.75, 3.05) is 12.8 Å². The number of hydrogen-bond acceptors (Lipinski definition) is 3. The Hall–Kier alpha value is -1.22. The van der Waals surface area contributed by atoms with Crippen molar-refractivity contribution in [1.82, 2.24) is 5.32 Å². The SMILES string of the molecule is COc1ccc(N)cc1CNC1CCCCCC1. The van der Waals surface area contributed by atoms with Crippen LogP contribution in [0.4, 0.5) is 5.69 Å². The lowest BCUT2D eigenvalue weighted by atomic mass is 10.1. The highest BCUT2D eigenvalue weighted by Crippen LogP contribution is 2.22. The van der Waals surface area contributed by atoms with E-state index in [0.29, 0.717) is 6.04 Å². The first-order valence-corrected chi connectivity index (χ1v) is 6.95. The molecule has 1 saturated carbocycles. The van der Waals surface area contributed by atoms with Gasteiger partial charge in [0.25, 0.3) is 0 Å². The minimum atomic E-state index is 0.652. The van der Waals surface area contributed by atoms with E-state index in [9.17, 15) is 0 Å². The Morgan fingerprint density at radius 2 is 1.94 bits per heavy atom. The predicted molar refractivity (Wildman–Crippen MR) is 75.7 cm³/mol. The van der Waals surface area contributed by atoms with Crippen molar-refractivity contribution in [3.05, 3.63) is 23.8 Å². The van der Waals surface area contributed by atoms with E-state index in [-0.39, 0.29) is 0 Å². The van der Waals surface area contributed by atoms with Gasteiger partial charge >= 0.3 is 0 Å². The summed E-state index contributed by atoms with van der Waals surface area (Å²) in [6, 6.07) is 6.48. The molecule has 2 rings (SSSR count). The number of nitrogens with one attached hydrogen (secondary N) is 1. The first-order chi connectivity index (χ1) is 8.79. The number of methoxy groups -OCH3 is 1. The van der Waals surface area contributed by atoms with Crippen LogP contribution in [-0.2, 0) is 6.54 Å². The average molecular weight is 248 g/mol. The number of anilines is 1. The van der Waals surface area contributed by atoms with Gasteiger partial charge < -0.3 is 15.8 Å². The second-order valence-electron chi connectivity index (χ2n) is 5.14. The van der Waals surface area contributed by atoms with Crippen molar-refractivity contribution in [3.8, 4) is 5.75 Å². The summed E-state index contributed by atoms with van der Waals surface area (Å²) >= 11 is 0. The number of nitrogen functional groups attached to an aromatic ring is 1. The Kier molecular flexibility index (Phi) is 4.88. The van der Waals surface area contributed by atoms with Crippen LogP contribution in [0.25, 0.3) is 0 Å². The molecule has 0 spiro atoms. The molecule has 0 unspecified atom stereocenters. The van der Waals surface area contributed by atoms with Crippen LogP contribution in [-0.4, -0.2) is 13.2 Å². The minimum Gasteiger partial charge on any atom is -0.496 e. The highest BCUT2D eigenvalue weighted by atomic mass is 16.5. The molecule has 0 aromatic heterocycles. The summed E-state index contributed by atoms with van der Waals surface area (Å²) in [4.78, 5) is 0. The third-order valence-electron chi connectivity index (χ3n) is 3.74. The van der Waals surface area contributed by atoms with Crippen LogP contribution in [0.2, 0.25) is 0 Å². The van der Waals surface area contributed by atoms with Crippen LogP contribution in [0, 0.1) is 0 Å². The molecule has 0 atom stereocenters. The lowest BCUT2D eigenvalue weighted by Gasteiger charge is -2.17. The summed E-state index contributed by atoms with van der Waals surface area (Å²) in [6.45, 7) is 0.846. The highest BCUT2D eigenvalue weighted by molar-refractivity contribution is 5.47. The molecule has 0 bridgehead atoms. The first kappa shape index (κ1) is 13.2. The first-order valence-electron chi connectivity index (χ1n) is 6.95. The third-order valence-corrected chi connectivity index (χ3v) is 3.74. The van der Waals surface area contributed by atoms with Gasteiger partial charge in [-0.25, -0.2) is 0 Å². The molecule has 3 N–H and O–H groups in total. The van der Waals surface area contributed by atoms with Gasteiger partial charge in [-0.1, -0.05) is 25.7 Å². The minimum absolute atomic E-state index is 0.652. The smallest absolute Gasteiger partial charge is 0.123 e. The maximum absolute atomic E-state index is 5.83. The Bertz CT molecular complexity index is 371. The van der Waals surface area contributed by atoms with Gasteiger partial charge in [-0.3, -0.25) is 0 Å². The second kappa shape index (κ2) is 6.64. The second-order valence-corrected chi connectivity index (χ2v) is 5.14. The summed E-state index contributed by atoms with van der Waals surface area (Å²) in [5.41, 5.74) is 7.79. The van der Waals surface area contributed by atoms with Crippen LogP contribution < -0.4 is 15.8 Å². The fourth-order valence-corrected chi connectivity index (χ4v) is 2.67. The maximum Gasteiger partial charge on any atom is 0.123 e. The molecule has 18 heavy (non-hydrogen) atoms. The number of benzene rings is 1. The molecule has 1 aliphatic carbocycles. The van der Waals surface area contributed by atoms with E-state index in [2.05, 4.69) is 5.32 Å². The fourth-order valence-electron chi connectivity index (χ4n) is 2.67. The number of ether oxygens (including phenoxy) is 1. The molecule has 0 amide bonds. The molecule has 0 aliphatic heterocycles. The average Bonchev–Trinajstić information content (AvgIpc) is 2.65. The van der Waals surface area contributed by atoms with Crippen LogP contribution >= 0.6 is 0 Å². The van der Waals surface area contributed by atoms with Gasteiger partial charge in [0.05, 0.1) is 7.11 Å². The zero-order valence-corrected chi connectivity index (χ0v) is 11.2. The molecule has 1 aliphatic rings. The Balaban J connectivity index is 1.94. The third kappa shape index (κ3) is 3.64. The monoisotopic (exact) mass is 248 g/mol. The van der Waals surface area contributed by atoms with Crippen molar-refractivity contribution >= 4 is 5.69 Å². The van der Waals surface area contributed by atoms with Crippen LogP contribution in [0.1, 0.15) is 44.1 Å². The van der Waals surface area contributed by atoms with E-state index in [1.807, 2.05) is 18.2 Å². The molecule has 0 saturated heterocycles. The van der Waals surface area contributed by atoms with Crippen LogP contribution in [0.3, 0.4) is 0 Å². The molecule has 0 radical (unpaired) electrons. The number of rotatable bonds is 4. The van der Waals surface area contributed by atoms with E-state index >= 15 is 0 Å². The Labute approximate surface area is 110 Å². The number of hydrogen-bond donors (Lipinski definition) is 2. The Morgan fingerprint density at radius 3 is 2.61 bits per heavy atom. The summed E-state index contributed by atoms with van der Waals surface area (Å²) in [5.74, 6) is 0.922. The molecule has 0 heterocycles. The van der Waals surface area contributed by atoms with Gasteiger partial charge in [-0.2, -0.15) is 0 Å². The van der Waals surface area contributed by atoms with E-state index < -0.39 is 0 Å². The van der Waals surface area contributed by atoms with E-state index in [0.717, 1.165) is 23.5 Å². The summed E-state index contributed by atoms with van der Waals surface area (Å²) in [7, 11) is 1.71. The summed E-state index contributed by atoms with van der Waals surface area (Å²) in [5, 5.41) is 3.64. The van der Waals surface area contributed by atoms with Crippen LogP contribution in [0.5, 0.6) is 5.75 Å². The largest absolute Gasteiger partial charge is 0.496 e. The molecule has 1 fully saturated rings. The summed E-state index contributed by atoms with van der Waals surface area (Å²) < 4.78 is 5.37. The van der Waals surface area contributed by atoms with Crippen molar-refractivity contribution < 1.29 is 4.74 Å². The molecule has 3 nitrogen and oxygen atoms in total. The quantitative estimate of drug-likeness (QED) is 0.636. The summed E-state index contributed by atoms with van der Waals surface area (Å²) in [6.07, 6.45) is 8.08. The topological polar surface area (TPSA) is 47.3 Å². The van der Waals surface area contributed by atoms with Crippen molar-refractivity contribution in [2.24, 2.45) is 0 Å². The molecule has 100 valence electrons. The number of nitrogens with two attached hydrogens (primary N) is 1. The van der Waals surface area contributed by atoms with Crippen molar-refractivity contribution in [1.29, 1.82) is 0 Å². The van der Waals surface area contributed by atoms with Gasteiger partial charge in [-0.15, -0.1) is 0 Å². The van der Waals surface area contributed by atoms with Gasteiger partial charge in [-0.05, 0) is 31.0 Å². The molecular weight excluding hydrogens is 224 g/mol. The molecular formula is C15H24N2O. The lowest BCUT2D eigenvalue weighted by molar-refractivity contribution is 0.401. The highest BCUT2D eigenvalue weighted by Gasteiger charge is 2.12. The predicted octanol–water partition coefficient (Wildman–Crippen LogP) is 3.09. The van der Waals surface area contributed by atoms with Gasteiger partial charge in [0.2, 0.25) is 0 Å². The zero-order valence-electron chi connectivity index (χ0n) is 11.2. The maximum atomic E-state index is 5.83. The molecule has 3 heteroatoms. The standard InChI is InChI=1S/C15H24N2O/c1-18-15-9-8-13(16)10-12(15)11-17-14-6-4-2-3-5-7-14/h8-10,14,17H,2-7,11,16H2,1H3. The van der Waals surface area contributed by atoms with E-state index in [1.54, 1.807) is 7.11 Å². The van der Waals surface area contributed by atoms with Crippen molar-refractivity contribution in [3.63, 3.8) is 0 Å². The normalized spacial score (nSPS) is 17.4. The van der Waals surface area contributed by atoms with Crippen molar-refractivity contribution in [2.45, 2.75) is 51.1 Å². The molecule has 1 aromatic carbocycles. The van der Waals surface area contributed by atoms with E-state index in [1.165, 1.54) is 38.5 Å².